The first-order valence-corrected chi connectivity index (χ1v) is 6.89. The maximum atomic E-state index is 12.0. The van der Waals surface area contributed by atoms with Crippen LogP contribution in [0.5, 0.6) is 0 Å². The Morgan fingerprint density at radius 1 is 1.16 bits per heavy atom. The van der Waals surface area contributed by atoms with Crippen LogP contribution < -0.4 is 15.2 Å². The average Bonchev–Trinajstić information content (AvgIpc) is 2.42. The van der Waals surface area contributed by atoms with E-state index in [9.17, 15) is 4.79 Å². The fourth-order valence-corrected chi connectivity index (χ4v) is 2.69. The summed E-state index contributed by atoms with van der Waals surface area (Å²) in [6.07, 6.45) is 0. The van der Waals surface area contributed by atoms with Gasteiger partial charge in [-0.1, -0.05) is 12.1 Å². The zero-order chi connectivity index (χ0) is 13.2. The van der Waals surface area contributed by atoms with Gasteiger partial charge in [-0.2, -0.15) is 0 Å². The van der Waals surface area contributed by atoms with E-state index < -0.39 is 0 Å². The number of para-hydroxylation sites is 1. The topological polar surface area (TPSA) is 39.1 Å². The normalized spacial score (nSPS) is 23.6. The lowest BCUT2D eigenvalue weighted by Crippen LogP contribution is -3.26. The van der Waals surface area contributed by atoms with Gasteiger partial charge in [0.2, 0.25) is 0 Å². The lowest BCUT2D eigenvalue weighted by Gasteiger charge is -2.26. The van der Waals surface area contributed by atoms with E-state index in [1.807, 2.05) is 24.3 Å². The fourth-order valence-electron chi connectivity index (χ4n) is 2.69. The van der Waals surface area contributed by atoms with Gasteiger partial charge < -0.3 is 14.2 Å². The summed E-state index contributed by atoms with van der Waals surface area (Å²) in [5.74, 6) is 0.804. The standard InChI is InChI=1S/C15H18N2O2/c1-16-6-8-17(9-7-16)11-12-10-14(18)13-4-2-3-5-15(13)19-12/h2-5,10H,6-9,11H2,1H3/p+2. The molecule has 0 atom stereocenters. The molecule has 2 N–H and O–H groups in total. The van der Waals surface area contributed by atoms with Crippen molar-refractivity contribution in [2.45, 2.75) is 6.54 Å². The summed E-state index contributed by atoms with van der Waals surface area (Å²) in [6.45, 7) is 5.47. The molecule has 1 aliphatic rings. The van der Waals surface area contributed by atoms with E-state index in [0.29, 0.717) is 11.0 Å². The molecule has 1 fully saturated rings. The molecular weight excluding hydrogens is 240 g/mol. The second-order valence-electron chi connectivity index (χ2n) is 5.46. The SMILES string of the molecule is C[NH+]1CC[NH+](Cc2cc(=O)c3ccccc3o2)CC1. The molecular formula is C15H20N2O2+2. The lowest BCUT2D eigenvalue weighted by molar-refractivity contribution is -1.01. The molecule has 3 rings (SSSR count). The minimum absolute atomic E-state index is 0.0657. The summed E-state index contributed by atoms with van der Waals surface area (Å²) in [4.78, 5) is 15.1. The predicted octanol–water partition coefficient (Wildman–Crippen LogP) is -1.29. The van der Waals surface area contributed by atoms with E-state index in [4.69, 9.17) is 4.42 Å². The van der Waals surface area contributed by atoms with E-state index in [1.54, 1.807) is 11.0 Å². The van der Waals surface area contributed by atoms with Gasteiger partial charge in [0, 0.05) is 6.07 Å². The number of benzene rings is 1. The Bertz CT molecular complexity index is 627. The molecule has 19 heavy (non-hydrogen) atoms. The van der Waals surface area contributed by atoms with Gasteiger partial charge in [-0.25, -0.2) is 0 Å². The highest BCUT2D eigenvalue weighted by molar-refractivity contribution is 5.75. The first-order chi connectivity index (χ1) is 9.22. The van der Waals surface area contributed by atoms with Gasteiger partial charge >= 0.3 is 0 Å². The molecule has 2 heterocycles. The highest BCUT2D eigenvalue weighted by Gasteiger charge is 2.21. The Morgan fingerprint density at radius 2 is 1.89 bits per heavy atom. The smallest absolute Gasteiger partial charge is 0.193 e. The summed E-state index contributed by atoms with van der Waals surface area (Å²) >= 11 is 0. The molecule has 0 saturated carbocycles. The lowest BCUT2D eigenvalue weighted by atomic mass is 10.2. The molecule has 100 valence electrons. The van der Waals surface area contributed by atoms with Crippen LogP contribution in [0, 0.1) is 0 Å². The molecule has 1 saturated heterocycles. The van der Waals surface area contributed by atoms with E-state index in [2.05, 4.69) is 7.05 Å². The first kappa shape index (κ1) is 12.4. The van der Waals surface area contributed by atoms with Crippen molar-refractivity contribution in [3.63, 3.8) is 0 Å². The van der Waals surface area contributed by atoms with Crippen molar-refractivity contribution in [3.8, 4) is 0 Å². The fraction of sp³-hybridized carbons (Fsp3) is 0.400. The highest BCUT2D eigenvalue weighted by Crippen LogP contribution is 2.10. The van der Waals surface area contributed by atoms with Gasteiger partial charge in [-0.3, -0.25) is 4.79 Å². The molecule has 0 radical (unpaired) electrons. The Morgan fingerprint density at radius 3 is 2.68 bits per heavy atom. The van der Waals surface area contributed by atoms with Crippen molar-refractivity contribution in [2.24, 2.45) is 0 Å². The second kappa shape index (κ2) is 5.15. The second-order valence-corrected chi connectivity index (χ2v) is 5.46. The zero-order valence-electron chi connectivity index (χ0n) is 11.2. The quantitative estimate of drug-likeness (QED) is 0.705. The van der Waals surface area contributed by atoms with Crippen LogP contribution in [0.3, 0.4) is 0 Å². The molecule has 4 heteroatoms. The van der Waals surface area contributed by atoms with Gasteiger partial charge in [-0.15, -0.1) is 0 Å². The Hall–Kier alpha value is -1.65. The third-order valence-electron chi connectivity index (χ3n) is 3.92. The molecule has 2 aromatic rings. The number of piperazine rings is 1. The molecule has 0 spiro atoms. The number of nitrogens with one attached hydrogen (secondary N) is 2. The van der Waals surface area contributed by atoms with E-state index >= 15 is 0 Å². The number of likely N-dealkylation sites (N-methyl/N-ethyl adjacent to an activating group) is 1. The van der Waals surface area contributed by atoms with Crippen LogP contribution in [-0.4, -0.2) is 33.2 Å². The Kier molecular flexibility index (Phi) is 3.36. The largest absolute Gasteiger partial charge is 0.455 e. The summed E-state index contributed by atoms with van der Waals surface area (Å²) in [5.41, 5.74) is 0.764. The van der Waals surface area contributed by atoms with Crippen molar-refractivity contribution in [1.82, 2.24) is 0 Å². The molecule has 0 bridgehead atoms. The van der Waals surface area contributed by atoms with Crippen LogP contribution in [0.1, 0.15) is 5.76 Å². The maximum Gasteiger partial charge on any atom is 0.193 e. The number of hydrogen-bond acceptors (Lipinski definition) is 2. The van der Waals surface area contributed by atoms with Crippen molar-refractivity contribution in [3.05, 3.63) is 46.3 Å². The van der Waals surface area contributed by atoms with Crippen LogP contribution >= 0.6 is 0 Å². The zero-order valence-corrected chi connectivity index (χ0v) is 11.2. The number of hydrogen-bond donors (Lipinski definition) is 2. The van der Waals surface area contributed by atoms with Gasteiger partial charge in [0.05, 0.1) is 12.4 Å². The van der Waals surface area contributed by atoms with Crippen molar-refractivity contribution < 1.29 is 14.2 Å². The summed E-state index contributed by atoms with van der Waals surface area (Å²) in [5, 5.41) is 0.670. The van der Waals surface area contributed by atoms with Crippen LogP contribution in [0.4, 0.5) is 0 Å². The summed E-state index contributed by atoms with van der Waals surface area (Å²) < 4.78 is 5.84. The van der Waals surface area contributed by atoms with E-state index in [0.717, 1.165) is 25.4 Å². The van der Waals surface area contributed by atoms with Crippen LogP contribution in [0.25, 0.3) is 11.0 Å². The van der Waals surface area contributed by atoms with Gasteiger partial charge in [0.25, 0.3) is 0 Å². The molecule has 1 aromatic heterocycles. The van der Waals surface area contributed by atoms with E-state index in [1.165, 1.54) is 18.0 Å². The Labute approximate surface area is 112 Å². The number of quaternary nitrogens is 2. The molecule has 1 aromatic carbocycles. The summed E-state index contributed by atoms with van der Waals surface area (Å²) in [6, 6.07) is 9.11. The molecule has 1 aliphatic heterocycles. The van der Waals surface area contributed by atoms with Gasteiger partial charge in [0.1, 0.15) is 38.3 Å². The van der Waals surface area contributed by atoms with Gasteiger partial charge in [-0.05, 0) is 12.1 Å². The average molecular weight is 260 g/mol. The third kappa shape index (κ3) is 2.69. The van der Waals surface area contributed by atoms with E-state index in [-0.39, 0.29) is 5.43 Å². The molecule has 4 nitrogen and oxygen atoms in total. The Balaban J connectivity index is 1.83. The monoisotopic (exact) mass is 260 g/mol. The van der Waals surface area contributed by atoms with Crippen LogP contribution in [0.2, 0.25) is 0 Å². The molecule has 0 amide bonds. The molecule has 0 unspecified atom stereocenters. The predicted molar refractivity (Wildman–Crippen MR) is 73.5 cm³/mol. The first-order valence-electron chi connectivity index (χ1n) is 6.89. The number of fused-ring (bicyclic) bond motifs is 1. The number of rotatable bonds is 2. The van der Waals surface area contributed by atoms with Crippen molar-refractivity contribution in [2.75, 3.05) is 33.2 Å². The van der Waals surface area contributed by atoms with Crippen molar-refractivity contribution in [1.29, 1.82) is 0 Å². The minimum Gasteiger partial charge on any atom is -0.455 e. The third-order valence-corrected chi connectivity index (χ3v) is 3.92. The van der Waals surface area contributed by atoms with Crippen LogP contribution in [0.15, 0.2) is 39.5 Å². The molecule has 0 aliphatic carbocycles. The van der Waals surface area contributed by atoms with Crippen molar-refractivity contribution >= 4 is 11.0 Å². The minimum atomic E-state index is 0.0657. The summed E-state index contributed by atoms with van der Waals surface area (Å²) in [7, 11) is 2.23. The highest BCUT2D eigenvalue weighted by atomic mass is 16.3. The van der Waals surface area contributed by atoms with Gasteiger partial charge in [0.15, 0.2) is 11.2 Å². The maximum absolute atomic E-state index is 12.0. The van der Waals surface area contributed by atoms with Crippen LogP contribution in [-0.2, 0) is 6.54 Å².